The number of methoxy groups -OCH3 is 1. The number of hydrogen-bond donors (Lipinski definition) is 1. The van der Waals surface area contributed by atoms with E-state index in [2.05, 4.69) is 26.1 Å². The van der Waals surface area contributed by atoms with E-state index < -0.39 is 5.60 Å². The first-order valence-corrected chi connectivity index (χ1v) is 10.9. The number of rotatable bonds is 4. The Labute approximate surface area is 191 Å². The molecule has 1 heterocycles. The predicted molar refractivity (Wildman–Crippen MR) is 125 cm³/mol. The van der Waals surface area contributed by atoms with E-state index in [9.17, 15) is 9.59 Å². The SMILES string of the molecule is COc1ccc(NC(=O)c2ccc(Br)cc2)cc1N1CCN(C(=O)OC(C)(C)C)CC1. The molecular formula is C23H28BrN3O4. The Bertz CT molecular complexity index is 933. The first-order chi connectivity index (χ1) is 14.7. The van der Waals surface area contributed by atoms with E-state index in [-0.39, 0.29) is 12.0 Å². The van der Waals surface area contributed by atoms with E-state index >= 15 is 0 Å². The number of piperazine rings is 1. The van der Waals surface area contributed by atoms with Crippen LogP contribution in [0.1, 0.15) is 31.1 Å². The van der Waals surface area contributed by atoms with Crippen LogP contribution in [-0.4, -0.2) is 55.8 Å². The number of halogens is 1. The summed E-state index contributed by atoms with van der Waals surface area (Å²) in [4.78, 5) is 28.8. The molecule has 0 unspecified atom stereocenters. The van der Waals surface area contributed by atoms with Crippen molar-refractivity contribution in [2.75, 3.05) is 43.5 Å². The molecule has 2 aromatic rings. The highest BCUT2D eigenvalue weighted by atomic mass is 79.9. The Balaban J connectivity index is 1.69. The molecule has 0 atom stereocenters. The summed E-state index contributed by atoms with van der Waals surface area (Å²) in [6.45, 7) is 7.96. The van der Waals surface area contributed by atoms with Crippen molar-refractivity contribution in [3.63, 3.8) is 0 Å². The van der Waals surface area contributed by atoms with Crippen molar-refractivity contribution in [2.45, 2.75) is 26.4 Å². The molecule has 7 nitrogen and oxygen atoms in total. The van der Waals surface area contributed by atoms with Crippen LogP contribution in [-0.2, 0) is 4.74 Å². The van der Waals surface area contributed by atoms with Crippen molar-refractivity contribution in [3.8, 4) is 5.75 Å². The molecule has 1 fully saturated rings. The highest BCUT2D eigenvalue weighted by Gasteiger charge is 2.27. The summed E-state index contributed by atoms with van der Waals surface area (Å²) in [5.41, 5.74) is 1.61. The van der Waals surface area contributed by atoms with Gasteiger partial charge in [0.2, 0.25) is 0 Å². The summed E-state index contributed by atoms with van der Waals surface area (Å²) in [7, 11) is 1.62. The summed E-state index contributed by atoms with van der Waals surface area (Å²) in [6.07, 6.45) is -0.297. The zero-order valence-electron chi connectivity index (χ0n) is 18.3. The van der Waals surface area contributed by atoms with Crippen LogP contribution >= 0.6 is 15.9 Å². The smallest absolute Gasteiger partial charge is 0.410 e. The number of nitrogens with one attached hydrogen (secondary N) is 1. The second kappa shape index (κ2) is 9.60. The normalized spacial score (nSPS) is 14.2. The van der Waals surface area contributed by atoms with Gasteiger partial charge in [0.05, 0.1) is 12.8 Å². The van der Waals surface area contributed by atoms with Crippen molar-refractivity contribution in [1.82, 2.24) is 4.90 Å². The third-order valence-corrected chi connectivity index (χ3v) is 5.34. The molecular weight excluding hydrogens is 462 g/mol. The van der Waals surface area contributed by atoms with Gasteiger partial charge in [-0.15, -0.1) is 0 Å². The summed E-state index contributed by atoms with van der Waals surface area (Å²) in [6, 6.07) is 12.7. The van der Waals surface area contributed by atoms with Gasteiger partial charge in [0.25, 0.3) is 5.91 Å². The Kier molecular flexibility index (Phi) is 7.10. The maximum atomic E-state index is 12.6. The lowest BCUT2D eigenvalue weighted by atomic mass is 10.2. The van der Waals surface area contributed by atoms with Crippen LogP contribution in [0.5, 0.6) is 5.75 Å². The van der Waals surface area contributed by atoms with Gasteiger partial charge >= 0.3 is 6.09 Å². The van der Waals surface area contributed by atoms with Crippen molar-refractivity contribution in [1.29, 1.82) is 0 Å². The Morgan fingerprint density at radius 1 is 1.00 bits per heavy atom. The van der Waals surface area contributed by atoms with Gasteiger partial charge in [-0.05, 0) is 63.2 Å². The lowest BCUT2D eigenvalue weighted by molar-refractivity contribution is 0.0240. The Morgan fingerprint density at radius 2 is 1.65 bits per heavy atom. The fourth-order valence-corrected chi connectivity index (χ4v) is 3.54. The molecule has 3 rings (SSSR count). The molecule has 0 aromatic heterocycles. The van der Waals surface area contributed by atoms with Crippen LogP contribution in [0.3, 0.4) is 0 Å². The average molecular weight is 490 g/mol. The topological polar surface area (TPSA) is 71.1 Å². The Morgan fingerprint density at radius 3 is 2.23 bits per heavy atom. The van der Waals surface area contributed by atoms with Gasteiger partial charge in [-0.2, -0.15) is 0 Å². The number of benzene rings is 2. The van der Waals surface area contributed by atoms with Crippen molar-refractivity contribution in [3.05, 3.63) is 52.5 Å². The number of carbonyl (C=O) groups excluding carboxylic acids is 2. The van der Waals surface area contributed by atoms with Crippen molar-refractivity contribution >= 4 is 39.3 Å². The monoisotopic (exact) mass is 489 g/mol. The second-order valence-electron chi connectivity index (χ2n) is 8.30. The standard InChI is InChI=1S/C23H28BrN3O4/c1-23(2,3)31-22(29)27-13-11-26(12-14-27)19-15-18(9-10-20(19)30-4)25-21(28)16-5-7-17(24)8-6-16/h5-10,15H,11-14H2,1-4H3,(H,25,28). The molecule has 1 saturated heterocycles. The molecule has 0 saturated carbocycles. The number of ether oxygens (including phenoxy) is 2. The molecule has 0 bridgehead atoms. The Hall–Kier alpha value is -2.74. The second-order valence-corrected chi connectivity index (χ2v) is 9.22. The molecule has 2 amide bonds. The number of hydrogen-bond acceptors (Lipinski definition) is 5. The van der Waals surface area contributed by atoms with Crippen LogP contribution in [0.2, 0.25) is 0 Å². The van der Waals surface area contributed by atoms with Crippen LogP contribution in [0, 0.1) is 0 Å². The van der Waals surface area contributed by atoms with E-state index in [0.29, 0.717) is 43.2 Å². The molecule has 2 aromatic carbocycles. The minimum absolute atomic E-state index is 0.182. The summed E-state index contributed by atoms with van der Waals surface area (Å²) < 4.78 is 11.9. The van der Waals surface area contributed by atoms with Gasteiger partial charge < -0.3 is 24.6 Å². The number of nitrogens with zero attached hydrogens (tertiary/aromatic N) is 2. The largest absolute Gasteiger partial charge is 0.495 e. The molecule has 0 aliphatic carbocycles. The van der Waals surface area contributed by atoms with Gasteiger partial charge in [-0.25, -0.2) is 4.79 Å². The van der Waals surface area contributed by atoms with Crippen LogP contribution in [0.25, 0.3) is 0 Å². The fraction of sp³-hybridized carbons (Fsp3) is 0.391. The minimum atomic E-state index is -0.515. The predicted octanol–water partition coefficient (Wildman–Crippen LogP) is 4.77. The number of amides is 2. The van der Waals surface area contributed by atoms with Crippen LogP contribution < -0.4 is 15.0 Å². The maximum absolute atomic E-state index is 12.6. The third-order valence-electron chi connectivity index (χ3n) is 4.82. The van der Waals surface area contributed by atoms with Gasteiger partial charge in [-0.3, -0.25) is 4.79 Å². The average Bonchev–Trinajstić information content (AvgIpc) is 2.73. The molecule has 0 radical (unpaired) electrons. The van der Waals surface area contributed by atoms with Crippen molar-refractivity contribution < 1.29 is 19.1 Å². The molecule has 166 valence electrons. The third kappa shape index (κ3) is 6.13. The van der Waals surface area contributed by atoms with Gasteiger partial charge in [0.1, 0.15) is 11.4 Å². The first-order valence-electron chi connectivity index (χ1n) is 10.1. The van der Waals surface area contributed by atoms with Crippen LogP contribution in [0.4, 0.5) is 16.2 Å². The quantitative estimate of drug-likeness (QED) is 0.669. The van der Waals surface area contributed by atoms with E-state index in [1.807, 2.05) is 51.1 Å². The summed E-state index contributed by atoms with van der Waals surface area (Å²) >= 11 is 3.37. The molecule has 1 aliphatic heterocycles. The van der Waals surface area contributed by atoms with E-state index in [0.717, 1.165) is 10.2 Å². The fourth-order valence-electron chi connectivity index (χ4n) is 3.28. The van der Waals surface area contributed by atoms with Crippen molar-refractivity contribution in [2.24, 2.45) is 0 Å². The van der Waals surface area contributed by atoms with Gasteiger partial charge in [-0.1, -0.05) is 15.9 Å². The van der Waals surface area contributed by atoms with Gasteiger partial charge in [0.15, 0.2) is 0 Å². The number of carbonyl (C=O) groups is 2. The zero-order chi connectivity index (χ0) is 22.6. The minimum Gasteiger partial charge on any atom is -0.495 e. The van der Waals surface area contributed by atoms with E-state index in [1.165, 1.54) is 0 Å². The molecule has 1 aliphatic rings. The van der Waals surface area contributed by atoms with Gasteiger partial charge in [0, 0.05) is 41.9 Å². The summed E-state index contributed by atoms with van der Waals surface area (Å²) in [5.74, 6) is 0.533. The van der Waals surface area contributed by atoms with E-state index in [1.54, 1.807) is 24.1 Å². The molecule has 1 N–H and O–H groups in total. The highest BCUT2D eigenvalue weighted by molar-refractivity contribution is 9.10. The van der Waals surface area contributed by atoms with Crippen LogP contribution in [0.15, 0.2) is 46.9 Å². The maximum Gasteiger partial charge on any atom is 0.410 e. The lowest BCUT2D eigenvalue weighted by Gasteiger charge is -2.37. The zero-order valence-corrected chi connectivity index (χ0v) is 19.9. The summed E-state index contributed by atoms with van der Waals surface area (Å²) in [5, 5.41) is 2.94. The molecule has 31 heavy (non-hydrogen) atoms. The number of anilines is 2. The van der Waals surface area contributed by atoms with E-state index in [4.69, 9.17) is 9.47 Å². The highest BCUT2D eigenvalue weighted by Crippen LogP contribution is 2.32. The molecule has 8 heteroatoms. The lowest BCUT2D eigenvalue weighted by Crippen LogP contribution is -2.50. The molecule has 0 spiro atoms. The first kappa shape index (κ1) is 22.9.